The Labute approximate surface area is 131 Å². The van der Waals surface area contributed by atoms with Gasteiger partial charge in [0.1, 0.15) is 6.61 Å². The Morgan fingerprint density at radius 1 is 1.30 bits per heavy atom. The van der Waals surface area contributed by atoms with Crippen LogP contribution in [0.15, 0.2) is 35.1 Å². The molecule has 3 N–H and O–H groups in total. The van der Waals surface area contributed by atoms with E-state index in [0.717, 1.165) is 5.56 Å². The number of aromatic nitrogens is 2. The molecule has 2 rings (SSSR count). The number of nitrogens with zero attached hydrogens (tertiary/aromatic N) is 1. The van der Waals surface area contributed by atoms with E-state index in [1.807, 2.05) is 18.2 Å². The molecule has 1 aromatic heterocycles. The van der Waals surface area contributed by atoms with Crippen molar-refractivity contribution in [3.8, 4) is 0 Å². The van der Waals surface area contributed by atoms with E-state index in [2.05, 4.69) is 15.3 Å². The van der Waals surface area contributed by atoms with E-state index in [1.54, 1.807) is 12.1 Å². The lowest BCUT2D eigenvalue weighted by molar-refractivity contribution is -0.136. The predicted octanol–water partition coefficient (Wildman–Crippen LogP) is 1.45. The molecule has 0 aliphatic carbocycles. The molecule has 2 aromatic rings. The summed E-state index contributed by atoms with van der Waals surface area (Å²) >= 11 is 0. The van der Waals surface area contributed by atoms with Crippen LogP contribution in [-0.2, 0) is 22.6 Å². The average Bonchev–Trinajstić information content (AvgIpc) is 2.50. The summed E-state index contributed by atoms with van der Waals surface area (Å²) in [5.74, 6) is -1.23. The van der Waals surface area contributed by atoms with Crippen LogP contribution in [0, 0.1) is 6.92 Å². The molecule has 0 bridgehead atoms. The average molecular weight is 317 g/mol. The third kappa shape index (κ3) is 4.67. The second-order valence-corrected chi connectivity index (χ2v) is 4.74. The van der Waals surface area contributed by atoms with Gasteiger partial charge in [0.2, 0.25) is 5.95 Å². The minimum absolute atomic E-state index is 0.0423. The van der Waals surface area contributed by atoms with Crippen molar-refractivity contribution in [2.45, 2.75) is 20.0 Å². The fraction of sp³-hybridized carbons (Fsp3) is 0.200. The lowest BCUT2D eigenvalue weighted by atomic mass is 10.2. The molecule has 0 radical (unpaired) electrons. The van der Waals surface area contributed by atoms with Crippen molar-refractivity contribution in [2.24, 2.45) is 0 Å². The number of H-pyrrole nitrogens is 1. The van der Waals surface area contributed by atoms with Gasteiger partial charge in [0, 0.05) is 5.56 Å². The summed E-state index contributed by atoms with van der Waals surface area (Å²) in [4.78, 5) is 40.4. The Morgan fingerprint density at radius 3 is 2.61 bits per heavy atom. The van der Waals surface area contributed by atoms with E-state index in [9.17, 15) is 14.4 Å². The zero-order valence-corrected chi connectivity index (χ0v) is 12.3. The molecule has 1 heterocycles. The van der Waals surface area contributed by atoms with Gasteiger partial charge in [0.15, 0.2) is 0 Å². The first-order valence-electron chi connectivity index (χ1n) is 6.75. The molecule has 120 valence electrons. The molecule has 0 aliphatic rings. The van der Waals surface area contributed by atoms with Gasteiger partial charge >= 0.3 is 12.1 Å². The first kappa shape index (κ1) is 16.2. The molecule has 1 amide bonds. The van der Waals surface area contributed by atoms with Crippen LogP contribution in [0.2, 0.25) is 0 Å². The second kappa shape index (κ2) is 7.21. The van der Waals surface area contributed by atoms with Gasteiger partial charge in [-0.25, -0.2) is 9.78 Å². The maximum absolute atomic E-state index is 11.8. The number of hydrogen-bond acceptors (Lipinski definition) is 5. The molecule has 0 aliphatic heterocycles. The van der Waals surface area contributed by atoms with Gasteiger partial charge < -0.3 is 9.84 Å². The van der Waals surface area contributed by atoms with Gasteiger partial charge in [-0.05, 0) is 12.5 Å². The largest absolute Gasteiger partial charge is 0.481 e. The SMILES string of the molecule is Cc1nc(NC(=O)OCc2ccccc2)[nH]c(=O)c1CC(=O)O. The molecule has 8 heteroatoms. The quantitative estimate of drug-likeness (QED) is 0.767. The Hall–Kier alpha value is -3.16. The Balaban J connectivity index is 2.01. The first-order chi connectivity index (χ1) is 11.0. The number of hydrogen-bond donors (Lipinski definition) is 3. The van der Waals surface area contributed by atoms with Gasteiger partial charge in [-0.3, -0.25) is 19.9 Å². The van der Waals surface area contributed by atoms with Gasteiger partial charge in [-0.15, -0.1) is 0 Å². The van der Waals surface area contributed by atoms with E-state index >= 15 is 0 Å². The highest BCUT2D eigenvalue weighted by Crippen LogP contribution is 2.05. The number of aryl methyl sites for hydroxylation is 1. The van der Waals surface area contributed by atoms with Crippen LogP contribution < -0.4 is 10.9 Å². The zero-order valence-electron chi connectivity index (χ0n) is 12.3. The fourth-order valence-corrected chi connectivity index (χ4v) is 1.88. The topological polar surface area (TPSA) is 121 Å². The Morgan fingerprint density at radius 2 is 2.00 bits per heavy atom. The van der Waals surface area contributed by atoms with E-state index < -0.39 is 24.0 Å². The van der Waals surface area contributed by atoms with Crippen LogP contribution in [0.4, 0.5) is 10.7 Å². The number of carboxylic acid groups (broad SMARTS) is 1. The molecular formula is C15H15N3O5. The minimum Gasteiger partial charge on any atom is -0.481 e. The van der Waals surface area contributed by atoms with E-state index in [1.165, 1.54) is 6.92 Å². The van der Waals surface area contributed by atoms with Crippen LogP contribution in [-0.4, -0.2) is 27.1 Å². The second-order valence-electron chi connectivity index (χ2n) is 4.74. The van der Waals surface area contributed by atoms with Gasteiger partial charge in [-0.2, -0.15) is 0 Å². The van der Waals surface area contributed by atoms with Crippen molar-refractivity contribution in [2.75, 3.05) is 5.32 Å². The monoisotopic (exact) mass is 317 g/mol. The van der Waals surface area contributed by atoms with Crippen LogP contribution in [0.1, 0.15) is 16.8 Å². The molecule has 0 saturated carbocycles. The van der Waals surface area contributed by atoms with Crippen molar-refractivity contribution in [1.29, 1.82) is 0 Å². The number of aliphatic carboxylic acids is 1. The number of amides is 1. The molecule has 8 nitrogen and oxygen atoms in total. The van der Waals surface area contributed by atoms with Crippen LogP contribution in [0.5, 0.6) is 0 Å². The number of carboxylic acids is 1. The van der Waals surface area contributed by atoms with Crippen LogP contribution >= 0.6 is 0 Å². The standard InChI is InChI=1S/C15H15N3O5/c1-9-11(7-12(19)20)13(21)17-14(16-9)18-15(22)23-8-10-5-3-2-4-6-10/h2-6H,7-8H2,1H3,(H,19,20)(H2,16,17,18,21,22). The highest BCUT2D eigenvalue weighted by molar-refractivity contribution is 5.82. The fourth-order valence-electron chi connectivity index (χ4n) is 1.88. The minimum atomic E-state index is -1.14. The molecule has 0 fully saturated rings. The number of carbonyl (C=O) groups is 2. The summed E-state index contributed by atoms with van der Waals surface area (Å²) in [5.41, 5.74) is 0.477. The predicted molar refractivity (Wildman–Crippen MR) is 81.2 cm³/mol. The van der Waals surface area contributed by atoms with Crippen LogP contribution in [0.3, 0.4) is 0 Å². The molecule has 0 atom stereocenters. The normalized spacial score (nSPS) is 10.1. The third-order valence-electron chi connectivity index (χ3n) is 2.98. The lowest BCUT2D eigenvalue weighted by Gasteiger charge is -2.08. The van der Waals surface area contributed by atoms with Gasteiger partial charge in [0.25, 0.3) is 5.56 Å². The molecular weight excluding hydrogens is 302 g/mol. The van der Waals surface area contributed by atoms with Crippen molar-refractivity contribution < 1.29 is 19.4 Å². The number of aromatic amines is 1. The maximum atomic E-state index is 11.8. The summed E-state index contributed by atoms with van der Waals surface area (Å²) in [6.07, 6.45) is -1.21. The lowest BCUT2D eigenvalue weighted by Crippen LogP contribution is -2.24. The summed E-state index contributed by atoms with van der Waals surface area (Å²) in [7, 11) is 0. The van der Waals surface area contributed by atoms with E-state index in [4.69, 9.17) is 9.84 Å². The van der Waals surface area contributed by atoms with Crippen molar-refractivity contribution >= 4 is 18.0 Å². The summed E-state index contributed by atoms with van der Waals surface area (Å²) in [5, 5.41) is 11.0. The number of anilines is 1. The van der Waals surface area contributed by atoms with Gasteiger partial charge in [0.05, 0.1) is 12.1 Å². The van der Waals surface area contributed by atoms with Crippen molar-refractivity contribution in [1.82, 2.24) is 9.97 Å². The Bertz CT molecular complexity index is 770. The van der Waals surface area contributed by atoms with Gasteiger partial charge in [-0.1, -0.05) is 30.3 Å². The van der Waals surface area contributed by atoms with E-state index in [-0.39, 0.29) is 23.8 Å². The molecule has 0 unspecified atom stereocenters. The number of carbonyl (C=O) groups excluding carboxylic acids is 1. The number of rotatable bonds is 5. The van der Waals surface area contributed by atoms with E-state index in [0.29, 0.717) is 0 Å². The number of benzene rings is 1. The third-order valence-corrected chi connectivity index (χ3v) is 2.98. The summed E-state index contributed by atoms with van der Waals surface area (Å²) < 4.78 is 5.00. The Kier molecular flexibility index (Phi) is 5.08. The zero-order chi connectivity index (χ0) is 16.8. The molecule has 0 saturated heterocycles. The van der Waals surface area contributed by atoms with Crippen molar-refractivity contribution in [3.63, 3.8) is 0 Å². The summed E-state index contributed by atoms with van der Waals surface area (Å²) in [6, 6.07) is 9.09. The molecule has 1 aromatic carbocycles. The highest BCUT2D eigenvalue weighted by Gasteiger charge is 2.13. The summed E-state index contributed by atoms with van der Waals surface area (Å²) in [6.45, 7) is 1.57. The highest BCUT2D eigenvalue weighted by atomic mass is 16.5. The first-order valence-corrected chi connectivity index (χ1v) is 6.75. The maximum Gasteiger partial charge on any atom is 0.414 e. The number of nitrogens with one attached hydrogen (secondary N) is 2. The molecule has 0 spiro atoms. The van der Waals surface area contributed by atoms with Crippen LogP contribution in [0.25, 0.3) is 0 Å². The number of ether oxygens (including phenoxy) is 1. The van der Waals surface area contributed by atoms with Crippen molar-refractivity contribution in [3.05, 3.63) is 57.5 Å². The smallest absolute Gasteiger partial charge is 0.414 e. The molecule has 23 heavy (non-hydrogen) atoms.